The van der Waals surface area contributed by atoms with Crippen molar-refractivity contribution < 1.29 is 23.7 Å². The fourth-order valence-corrected chi connectivity index (χ4v) is 4.92. The molecular formula is C26H18IN3O5. The Balaban J connectivity index is 1.56. The van der Waals surface area contributed by atoms with Crippen LogP contribution in [0.5, 0.6) is 28.7 Å². The van der Waals surface area contributed by atoms with Gasteiger partial charge in [0.25, 0.3) is 0 Å². The van der Waals surface area contributed by atoms with Crippen LogP contribution in [-0.4, -0.2) is 13.9 Å². The maximum absolute atomic E-state index is 9.91. The normalized spacial score (nSPS) is 15.5. The third-order valence-corrected chi connectivity index (χ3v) is 6.61. The average Bonchev–Trinajstić information content (AvgIpc) is 3.33. The maximum atomic E-state index is 9.91. The van der Waals surface area contributed by atoms with Crippen LogP contribution in [-0.2, 0) is 6.61 Å². The first-order chi connectivity index (χ1) is 17.0. The van der Waals surface area contributed by atoms with Gasteiger partial charge in [0.05, 0.1) is 28.2 Å². The lowest BCUT2D eigenvalue weighted by Crippen LogP contribution is -2.21. The van der Waals surface area contributed by atoms with Crippen molar-refractivity contribution in [2.45, 2.75) is 12.5 Å². The maximum Gasteiger partial charge on any atom is 0.231 e. The molecule has 8 nitrogen and oxygen atoms in total. The fraction of sp³-hybridized carbons (Fsp3) is 0.154. The Morgan fingerprint density at radius 2 is 1.83 bits per heavy atom. The van der Waals surface area contributed by atoms with E-state index in [1.54, 1.807) is 19.2 Å². The summed E-state index contributed by atoms with van der Waals surface area (Å²) in [6.45, 7) is 0.318. The third-order valence-electron chi connectivity index (χ3n) is 5.81. The highest BCUT2D eigenvalue weighted by atomic mass is 127. The van der Waals surface area contributed by atoms with E-state index < -0.39 is 5.92 Å². The zero-order valence-corrected chi connectivity index (χ0v) is 20.7. The Hall–Kier alpha value is -4.09. The molecule has 0 radical (unpaired) electrons. The van der Waals surface area contributed by atoms with Crippen molar-refractivity contribution >= 4 is 22.6 Å². The molecule has 5 rings (SSSR count). The van der Waals surface area contributed by atoms with Gasteiger partial charge in [-0.3, -0.25) is 0 Å². The molecule has 1 unspecified atom stereocenters. The number of hydrogen-bond acceptors (Lipinski definition) is 8. The van der Waals surface area contributed by atoms with Crippen LogP contribution in [0.25, 0.3) is 0 Å². The van der Waals surface area contributed by atoms with Gasteiger partial charge in [0, 0.05) is 17.2 Å². The summed E-state index contributed by atoms with van der Waals surface area (Å²) in [6.07, 6.45) is 0. The molecule has 1 atom stereocenters. The van der Waals surface area contributed by atoms with Crippen molar-refractivity contribution in [1.29, 1.82) is 10.5 Å². The molecule has 2 heterocycles. The van der Waals surface area contributed by atoms with Gasteiger partial charge in [-0.1, -0.05) is 18.2 Å². The van der Waals surface area contributed by atoms with E-state index in [1.165, 1.54) is 0 Å². The second kappa shape index (κ2) is 9.28. The minimum absolute atomic E-state index is 0.0336. The summed E-state index contributed by atoms with van der Waals surface area (Å²) < 4.78 is 29.3. The zero-order valence-electron chi connectivity index (χ0n) is 18.5. The Bertz CT molecular complexity index is 1450. The van der Waals surface area contributed by atoms with E-state index in [0.717, 1.165) is 20.3 Å². The first-order valence-corrected chi connectivity index (χ1v) is 11.6. The summed E-state index contributed by atoms with van der Waals surface area (Å²) in [5, 5.41) is 19.3. The topological polar surface area (TPSA) is 120 Å². The Morgan fingerprint density at radius 3 is 2.57 bits per heavy atom. The number of rotatable bonds is 5. The second-order valence-electron chi connectivity index (χ2n) is 7.76. The van der Waals surface area contributed by atoms with Crippen LogP contribution >= 0.6 is 22.6 Å². The second-order valence-corrected chi connectivity index (χ2v) is 8.92. The molecule has 0 spiro atoms. The number of nitrogens with two attached hydrogens (primary N) is 1. The fourth-order valence-electron chi connectivity index (χ4n) is 4.14. The first kappa shape index (κ1) is 22.7. The Morgan fingerprint density at radius 1 is 1.06 bits per heavy atom. The number of methoxy groups -OCH3 is 1. The molecule has 35 heavy (non-hydrogen) atoms. The minimum atomic E-state index is -0.506. The summed E-state index contributed by atoms with van der Waals surface area (Å²) in [5.41, 5.74) is 9.25. The average molecular weight is 579 g/mol. The van der Waals surface area contributed by atoms with Crippen molar-refractivity contribution in [3.63, 3.8) is 0 Å². The van der Waals surface area contributed by atoms with E-state index in [9.17, 15) is 10.5 Å². The number of nitrogens with zero attached hydrogens (tertiary/aromatic N) is 2. The van der Waals surface area contributed by atoms with E-state index in [-0.39, 0.29) is 24.9 Å². The zero-order chi connectivity index (χ0) is 24.5. The minimum Gasteiger partial charge on any atom is -0.493 e. The molecule has 2 aliphatic rings. The van der Waals surface area contributed by atoms with E-state index >= 15 is 0 Å². The van der Waals surface area contributed by atoms with Gasteiger partial charge >= 0.3 is 0 Å². The summed E-state index contributed by atoms with van der Waals surface area (Å²) in [6, 6.07) is 18.9. The number of allylic oxidation sites excluding steroid dienone is 1. The smallest absolute Gasteiger partial charge is 0.231 e. The number of hydrogen-bond donors (Lipinski definition) is 1. The molecule has 2 N–H and O–H groups in total. The van der Waals surface area contributed by atoms with Crippen LogP contribution in [0.1, 0.15) is 28.2 Å². The lowest BCUT2D eigenvalue weighted by Gasteiger charge is -2.27. The van der Waals surface area contributed by atoms with Crippen LogP contribution in [0, 0.1) is 26.2 Å². The van der Waals surface area contributed by atoms with Gasteiger partial charge in [0.15, 0.2) is 23.0 Å². The van der Waals surface area contributed by atoms with Crippen molar-refractivity contribution in [3.8, 4) is 40.9 Å². The van der Waals surface area contributed by atoms with Gasteiger partial charge in [-0.2, -0.15) is 10.5 Å². The molecule has 0 saturated carbocycles. The number of ether oxygens (including phenoxy) is 5. The van der Waals surface area contributed by atoms with Crippen molar-refractivity contribution in [2.75, 3.05) is 13.9 Å². The summed E-state index contributed by atoms with van der Waals surface area (Å²) >= 11 is 2.17. The number of nitriles is 2. The van der Waals surface area contributed by atoms with Gasteiger partial charge in [-0.05, 0) is 52.4 Å². The van der Waals surface area contributed by atoms with Gasteiger partial charge in [0.1, 0.15) is 24.0 Å². The van der Waals surface area contributed by atoms with Crippen molar-refractivity contribution in [2.24, 2.45) is 5.73 Å². The quantitative estimate of drug-likeness (QED) is 0.433. The summed E-state index contributed by atoms with van der Waals surface area (Å²) in [4.78, 5) is 0. The van der Waals surface area contributed by atoms with E-state index in [2.05, 4.69) is 34.7 Å². The lowest BCUT2D eigenvalue weighted by atomic mass is 9.83. The standard InChI is InChI=1S/C26H18IN3O5/c1-31-23-7-16(6-19(27)25(23)32-12-15-5-3-2-4-14(15)10-28)24-17-8-21-22(34-13-33-21)9-20(17)35-26(30)18(24)11-29/h2-9,24H,12-13,30H2,1H3. The van der Waals surface area contributed by atoms with Crippen LogP contribution in [0.15, 0.2) is 60.0 Å². The molecule has 0 fully saturated rings. The highest BCUT2D eigenvalue weighted by molar-refractivity contribution is 14.1. The molecule has 3 aromatic rings. The number of benzene rings is 3. The first-order valence-electron chi connectivity index (χ1n) is 10.5. The summed E-state index contributed by atoms with van der Waals surface area (Å²) in [7, 11) is 1.55. The van der Waals surface area contributed by atoms with Gasteiger partial charge < -0.3 is 29.4 Å². The molecule has 174 valence electrons. The molecule has 3 aromatic carbocycles. The van der Waals surface area contributed by atoms with Crippen LogP contribution < -0.4 is 29.4 Å². The highest BCUT2D eigenvalue weighted by Gasteiger charge is 2.34. The van der Waals surface area contributed by atoms with E-state index in [1.807, 2.05) is 36.4 Å². The SMILES string of the molecule is COc1cc(C2C(C#N)=C(N)Oc3cc4c(cc32)OCO4)cc(I)c1OCc1ccccc1C#N. The molecule has 0 amide bonds. The molecule has 0 aliphatic carbocycles. The predicted molar refractivity (Wildman–Crippen MR) is 133 cm³/mol. The molecular weight excluding hydrogens is 561 g/mol. The van der Waals surface area contributed by atoms with Crippen LogP contribution in [0.4, 0.5) is 0 Å². The highest BCUT2D eigenvalue weighted by Crippen LogP contribution is 2.49. The molecule has 2 aliphatic heterocycles. The number of halogens is 1. The molecule has 0 bridgehead atoms. The monoisotopic (exact) mass is 579 g/mol. The predicted octanol–water partition coefficient (Wildman–Crippen LogP) is 4.70. The van der Waals surface area contributed by atoms with Gasteiger partial charge in [-0.25, -0.2) is 0 Å². The lowest BCUT2D eigenvalue weighted by molar-refractivity contribution is 0.174. The van der Waals surface area contributed by atoms with E-state index in [4.69, 9.17) is 29.4 Å². The summed E-state index contributed by atoms with van der Waals surface area (Å²) in [5.74, 6) is 2.19. The Labute approximate surface area is 215 Å². The third kappa shape index (κ3) is 4.04. The van der Waals surface area contributed by atoms with Crippen LogP contribution in [0.3, 0.4) is 0 Å². The molecule has 0 saturated heterocycles. The van der Waals surface area contributed by atoms with Crippen molar-refractivity contribution in [3.05, 3.63) is 85.8 Å². The largest absolute Gasteiger partial charge is 0.493 e. The molecule has 9 heteroatoms. The molecule has 0 aromatic heterocycles. The van der Waals surface area contributed by atoms with Crippen molar-refractivity contribution in [1.82, 2.24) is 0 Å². The van der Waals surface area contributed by atoms with Gasteiger partial charge in [0.2, 0.25) is 12.7 Å². The Kier molecular flexibility index (Phi) is 6.01. The van der Waals surface area contributed by atoms with E-state index in [0.29, 0.717) is 34.3 Å². The van der Waals surface area contributed by atoms with Crippen LogP contribution in [0.2, 0.25) is 0 Å². The number of fused-ring (bicyclic) bond motifs is 2. The van der Waals surface area contributed by atoms with Gasteiger partial charge in [-0.15, -0.1) is 0 Å².